The average Bonchev–Trinajstić information content (AvgIpc) is 3.24. The van der Waals surface area contributed by atoms with Gasteiger partial charge in [-0.2, -0.15) is 18.3 Å². The molecule has 32 heavy (non-hydrogen) atoms. The quantitative estimate of drug-likeness (QED) is 0.581. The molecule has 1 unspecified atom stereocenters. The topological polar surface area (TPSA) is 85.5 Å². The lowest BCUT2D eigenvalue weighted by molar-refractivity contribution is -0.138. The van der Waals surface area contributed by atoms with E-state index in [0.717, 1.165) is 17.2 Å². The van der Waals surface area contributed by atoms with E-state index in [1.807, 2.05) is 0 Å². The molecule has 0 saturated carbocycles. The Morgan fingerprint density at radius 1 is 1.09 bits per heavy atom. The SMILES string of the molecule is COc1ccc(COc2ccc(C3CC(=O)Nc4n[nH]cc43)cc2OC)c(C(F)(F)F)c1. The molecule has 168 valence electrons. The van der Waals surface area contributed by atoms with Crippen LogP contribution in [0.25, 0.3) is 0 Å². The number of H-pyrrole nitrogens is 1. The Morgan fingerprint density at radius 3 is 2.62 bits per heavy atom. The zero-order valence-electron chi connectivity index (χ0n) is 17.2. The highest BCUT2D eigenvalue weighted by Gasteiger charge is 2.34. The smallest absolute Gasteiger partial charge is 0.416 e. The molecule has 7 nitrogen and oxygen atoms in total. The molecule has 2 N–H and O–H groups in total. The maximum absolute atomic E-state index is 13.4. The number of hydrogen-bond acceptors (Lipinski definition) is 5. The zero-order chi connectivity index (χ0) is 22.9. The number of methoxy groups -OCH3 is 2. The number of carbonyl (C=O) groups is 1. The van der Waals surface area contributed by atoms with Gasteiger partial charge in [-0.3, -0.25) is 9.89 Å². The number of aromatic nitrogens is 2. The number of alkyl halides is 3. The van der Waals surface area contributed by atoms with Crippen LogP contribution in [-0.2, 0) is 17.6 Å². The van der Waals surface area contributed by atoms with Crippen molar-refractivity contribution in [2.75, 3.05) is 19.5 Å². The Kier molecular flexibility index (Phi) is 5.68. The molecule has 1 atom stereocenters. The number of anilines is 1. The number of halogens is 3. The Hall–Kier alpha value is -3.69. The molecule has 0 aliphatic carbocycles. The first-order valence-electron chi connectivity index (χ1n) is 9.68. The third-order valence-electron chi connectivity index (χ3n) is 5.29. The highest BCUT2D eigenvalue weighted by molar-refractivity contribution is 5.94. The van der Waals surface area contributed by atoms with Crippen LogP contribution in [0, 0.1) is 0 Å². The van der Waals surface area contributed by atoms with Crippen molar-refractivity contribution >= 4 is 11.7 Å². The number of nitrogens with zero attached hydrogens (tertiary/aromatic N) is 1. The Morgan fingerprint density at radius 2 is 1.91 bits per heavy atom. The Bertz CT molecular complexity index is 1140. The first-order chi connectivity index (χ1) is 15.3. The van der Waals surface area contributed by atoms with Gasteiger partial charge in [-0.1, -0.05) is 12.1 Å². The van der Waals surface area contributed by atoms with Crippen LogP contribution in [0.4, 0.5) is 19.0 Å². The van der Waals surface area contributed by atoms with Crippen LogP contribution in [0.5, 0.6) is 17.2 Å². The summed E-state index contributed by atoms with van der Waals surface area (Å²) in [5.74, 6) is 0.822. The fourth-order valence-corrected chi connectivity index (χ4v) is 3.69. The van der Waals surface area contributed by atoms with Gasteiger partial charge in [0.2, 0.25) is 5.91 Å². The zero-order valence-corrected chi connectivity index (χ0v) is 17.2. The Balaban J connectivity index is 1.59. The molecule has 1 aliphatic heterocycles. The number of nitrogens with one attached hydrogen (secondary N) is 2. The summed E-state index contributed by atoms with van der Waals surface area (Å²) < 4.78 is 56.3. The number of amides is 1. The minimum atomic E-state index is -4.55. The van der Waals surface area contributed by atoms with Gasteiger partial charge in [0.1, 0.15) is 12.4 Å². The van der Waals surface area contributed by atoms with E-state index >= 15 is 0 Å². The van der Waals surface area contributed by atoms with Crippen molar-refractivity contribution in [3.63, 3.8) is 0 Å². The molecule has 0 fully saturated rings. The minimum absolute atomic E-state index is 0.0311. The van der Waals surface area contributed by atoms with E-state index in [2.05, 4.69) is 15.5 Å². The maximum atomic E-state index is 13.4. The fraction of sp³-hybridized carbons (Fsp3) is 0.273. The molecule has 0 saturated heterocycles. The second-order valence-electron chi connectivity index (χ2n) is 7.21. The highest BCUT2D eigenvalue weighted by Crippen LogP contribution is 2.40. The summed E-state index contributed by atoms with van der Waals surface area (Å²) in [4.78, 5) is 12.0. The van der Waals surface area contributed by atoms with Gasteiger partial charge < -0.3 is 19.5 Å². The van der Waals surface area contributed by atoms with E-state index in [1.165, 1.54) is 26.4 Å². The van der Waals surface area contributed by atoms with E-state index in [4.69, 9.17) is 14.2 Å². The third kappa shape index (κ3) is 4.20. The summed E-state index contributed by atoms with van der Waals surface area (Å²) in [7, 11) is 2.75. The molecule has 0 bridgehead atoms. The standard InChI is InChI=1S/C22H20F3N3O4/c1-30-14-5-3-13(17(8-14)22(23,24)25)11-32-18-6-4-12(7-19(18)31-2)15-9-20(29)27-21-16(15)10-26-28-21/h3-8,10,15H,9,11H2,1-2H3,(H2,26,27,28,29). The molecule has 3 aromatic rings. The summed E-state index contributed by atoms with van der Waals surface area (Å²) in [6, 6.07) is 8.81. The van der Waals surface area contributed by atoms with Crippen LogP contribution < -0.4 is 19.5 Å². The van der Waals surface area contributed by atoms with E-state index in [-0.39, 0.29) is 41.9 Å². The second-order valence-corrected chi connectivity index (χ2v) is 7.21. The van der Waals surface area contributed by atoms with Gasteiger partial charge in [0.05, 0.1) is 19.8 Å². The lowest BCUT2D eigenvalue weighted by Crippen LogP contribution is -2.23. The van der Waals surface area contributed by atoms with Gasteiger partial charge >= 0.3 is 6.18 Å². The van der Waals surface area contributed by atoms with Crippen molar-refractivity contribution in [2.45, 2.75) is 25.1 Å². The van der Waals surface area contributed by atoms with Gasteiger partial charge in [0, 0.05) is 29.7 Å². The molecule has 4 rings (SSSR count). The predicted octanol–water partition coefficient (Wildman–Crippen LogP) is 4.50. The van der Waals surface area contributed by atoms with Crippen LogP contribution in [0.15, 0.2) is 42.6 Å². The van der Waals surface area contributed by atoms with Crippen molar-refractivity contribution in [3.05, 3.63) is 64.8 Å². The summed E-state index contributed by atoms with van der Waals surface area (Å²) in [6.45, 7) is -0.313. The van der Waals surface area contributed by atoms with Crippen LogP contribution in [0.3, 0.4) is 0 Å². The molecular weight excluding hydrogens is 427 g/mol. The number of hydrogen-bond donors (Lipinski definition) is 2. The first-order valence-corrected chi connectivity index (χ1v) is 9.68. The molecule has 0 radical (unpaired) electrons. The van der Waals surface area contributed by atoms with Crippen molar-refractivity contribution in [1.82, 2.24) is 10.2 Å². The van der Waals surface area contributed by atoms with E-state index in [1.54, 1.807) is 24.4 Å². The van der Waals surface area contributed by atoms with Gasteiger partial charge in [0.25, 0.3) is 0 Å². The molecule has 2 heterocycles. The number of aromatic amines is 1. The molecular formula is C22H20F3N3O4. The normalized spacial score (nSPS) is 15.7. The van der Waals surface area contributed by atoms with Crippen LogP contribution >= 0.6 is 0 Å². The molecule has 2 aromatic carbocycles. The first kappa shape index (κ1) is 21.5. The number of ether oxygens (including phenoxy) is 3. The number of benzene rings is 2. The number of carbonyl (C=O) groups excluding carboxylic acids is 1. The van der Waals surface area contributed by atoms with E-state index < -0.39 is 11.7 Å². The lowest BCUT2D eigenvalue weighted by atomic mass is 9.87. The summed E-state index contributed by atoms with van der Waals surface area (Å²) in [5, 5.41) is 9.48. The maximum Gasteiger partial charge on any atom is 0.416 e. The van der Waals surface area contributed by atoms with E-state index in [0.29, 0.717) is 11.6 Å². The average molecular weight is 447 g/mol. The monoisotopic (exact) mass is 447 g/mol. The second kappa shape index (κ2) is 8.45. The fourth-order valence-electron chi connectivity index (χ4n) is 3.69. The third-order valence-corrected chi connectivity index (χ3v) is 5.29. The van der Waals surface area contributed by atoms with Gasteiger partial charge in [-0.25, -0.2) is 0 Å². The number of rotatable bonds is 6. The van der Waals surface area contributed by atoms with Crippen LogP contribution in [0.1, 0.15) is 34.6 Å². The molecule has 1 aromatic heterocycles. The van der Waals surface area contributed by atoms with Gasteiger partial charge in [-0.15, -0.1) is 0 Å². The van der Waals surface area contributed by atoms with Crippen LogP contribution in [-0.4, -0.2) is 30.3 Å². The molecule has 10 heteroatoms. The minimum Gasteiger partial charge on any atom is -0.497 e. The molecule has 1 amide bonds. The molecule has 0 spiro atoms. The lowest BCUT2D eigenvalue weighted by Gasteiger charge is -2.23. The summed E-state index contributed by atoms with van der Waals surface area (Å²) >= 11 is 0. The van der Waals surface area contributed by atoms with Crippen molar-refractivity contribution < 1.29 is 32.2 Å². The van der Waals surface area contributed by atoms with Crippen molar-refractivity contribution in [2.24, 2.45) is 0 Å². The van der Waals surface area contributed by atoms with E-state index in [9.17, 15) is 18.0 Å². The predicted molar refractivity (Wildman–Crippen MR) is 109 cm³/mol. The largest absolute Gasteiger partial charge is 0.497 e. The highest BCUT2D eigenvalue weighted by atomic mass is 19.4. The summed E-state index contributed by atoms with van der Waals surface area (Å²) in [6.07, 6.45) is -2.60. The van der Waals surface area contributed by atoms with Crippen molar-refractivity contribution in [1.29, 1.82) is 0 Å². The van der Waals surface area contributed by atoms with Gasteiger partial charge in [0.15, 0.2) is 17.3 Å². The Labute approximate surface area is 181 Å². The summed E-state index contributed by atoms with van der Waals surface area (Å²) in [5.41, 5.74) is 0.782. The van der Waals surface area contributed by atoms with Crippen molar-refractivity contribution in [3.8, 4) is 17.2 Å². The van der Waals surface area contributed by atoms with Gasteiger partial charge in [-0.05, 0) is 29.8 Å². The van der Waals surface area contributed by atoms with Crippen LogP contribution in [0.2, 0.25) is 0 Å². The molecule has 1 aliphatic rings. The number of fused-ring (bicyclic) bond motifs is 1.